The molecule has 0 aliphatic carbocycles. The monoisotopic (exact) mass is 822 g/mol. The molecule has 0 saturated heterocycles. The molecule has 318 valence electrons. The van der Waals surface area contributed by atoms with E-state index in [1.54, 1.807) is 33.2 Å². The van der Waals surface area contributed by atoms with Gasteiger partial charge in [0.05, 0.1) is 58.6 Å². The van der Waals surface area contributed by atoms with Crippen LogP contribution in [-0.2, 0) is 38.3 Å². The van der Waals surface area contributed by atoms with Crippen molar-refractivity contribution in [3.63, 3.8) is 0 Å². The number of anilines is 2. The topological polar surface area (TPSA) is 203 Å². The van der Waals surface area contributed by atoms with Crippen molar-refractivity contribution in [1.82, 2.24) is 55.1 Å². The normalized spacial score (nSPS) is 9.85. The molecular weight excluding hydrogens is 759 g/mol. The van der Waals surface area contributed by atoms with Gasteiger partial charge in [0.2, 0.25) is 11.9 Å². The first-order chi connectivity index (χ1) is 29.2. The van der Waals surface area contributed by atoms with E-state index in [0.29, 0.717) is 66.7 Å². The molecular formula is C44H62B3N13O. The van der Waals surface area contributed by atoms with Crippen molar-refractivity contribution in [3.8, 4) is 0 Å². The van der Waals surface area contributed by atoms with Gasteiger partial charge in [0.15, 0.2) is 5.43 Å². The van der Waals surface area contributed by atoms with Gasteiger partial charge in [0, 0.05) is 47.8 Å². The van der Waals surface area contributed by atoms with Gasteiger partial charge in [0.1, 0.15) is 11.5 Å². The van der Waals surface area contributed by atoms with E-state index in [1.807, 2.05) is 72.1 Å². The molecule has 0 spiro atoms. The van der Waals surface area contributed by atoms with Gasteiger partial charge in [-0.1, -0.05) is 70.9 Å². The Morgan fingerprint density at radius 3 is 1.31 bits per heavy atom. The van der Waals surface area contributed by atoms with Gasteiger partial charge < -0.3 is 16.0 Å². The molecule has 0 atom stereocenters. The van der Waals surface area contributed by atoms with Gasteiger partial charge in [-0.15, -0.1) is 30.6 Å². The average Bonchev–Trinajstić information content (AvgIpc) is 3.23. The van der Waals surface area contributed by atoms with Crippen molar-refractivity contribution < 1.29 is 0 Å². The Bertz CT molecular complexity index is 2150. The lowest BCUT2D eigenvalue weighted by molar-refractivity contribution is 0.706. The van der Waals surface area contributed by atoms with Crippen molar-refractivity contribution in [2.24, 2.45) is 0 Å². The summed E-state index contributed by atoms with van der Waals surface area (Å²) in [7, 11) is 16.9. The molecule has 0 aliphatic heterocycles. The predicted molar refractivity (Wildman–Crippen MR) is 250 cm³/mol. The van der Waals surface area contributed by atoms with Crippen LogP contribution in [0.25, 0.3) is 0 Å². The van der Waals surface area contributed by atoms with Crippen LogP contribution in [0.15, 0.2) is 47.5 Å². The summed E-state index contributed by atoms with van der Waals surface area (Å²) in [5.74, 6) is 0.928. The molecule has 0 amide bonds. The van der Waals surface area contributed by atoms with Gasteiger partial charge in [-0.3, -0.25) is 9.78 Å². The Balaban J connectivity index is 0.000000430. The van der Waals surface area contributed by atoms with E-state index in [-0.39, 0.29) is 17.3 Å². The third-order valence-electron chi connectivity index (χ3n) is 8.17. The highest BCUT2D eigenvalue weighted by molar-refractivity contribution is 6.08. The van der Waals surface area contributed by atoms with E-state index in [0.717, 1.165) is 39.7 Å². The lowest BCUT2D eigenvalue weighted by Crippen LogP contribution is -2.16. The van der Waals surface area contributed by atoms with Gasteiger partial charge in [-0.05, 0) is 90.7 Å². The third kappa shape index (κ3) is 17.7. The van der Waals surface area contributed by atoms with Crippen LogP contribution in [-0.4, -0.2) is 78.6 Å². The minimum absolute atomic E-state index is 0.0726. The minimum Gasteiger partial charge on any atom is -0.366 e. The summed E-state index contributed by atoms with van der Waals surface area (Å²) in [5, 5.41) is 23.8. The molecule has 0 aliphatic rings. The van der Waals surface area contributed by atoms with E-state index in [4.69, 9.17) is 35.0 Å². The molecule has 1 aromatic carbocycles. The predicted octanol–water partition coefficient (Wildman–Crippen LogP) is 5.81. The molecule has 6 radical (unpaired) electrons. The smallest absolute Gasteiger partial charge is 0.240 e. The molecule has 0 bridgehead atoms. The van der Waals surface area contributed by atoms with Crippen LogP contribution in [0.1, 0.15) is 126 Å². The summed E-state index contributed by atoms with van der Waals surface area (Å²) in [6.45, 7) is 26.0. The number of aryl methyl sites for hydroxylation is 7. The van der Waals surface area contributed by atoms with Crippen LogP contribution in [0, 0.1) is 48.5 Å². The van der Waals surface area contributed by atoms with Gasteiger partial charge in [-0.25, -0.2) is 15.0 Å². The fourth-order valence-electron chi connectivity index (χ4n) is 5.96. The number of nitrogens with two attached hydrogens (primary N) is 2. The number of benzene rings is 1. The van der Waals surface area contributed by atoms with E-state index in [1.165, 1.54) is 16.7 Å². The molecule has 0 saturated carbocycles. The summed E-state index contributed by atoms with van der Waals surface area (Å²) >= 11 is 0. The van der Waals surface area contributed by atoms with Crippen molar-refractivity contribution in [3.05, 3.63) is 138 Å². The second kappa shape index (κ2) is 27.8. The van der Waals surface area contributed by atoms with Crippen molar-refractivity contribution in [2.45, 2.75) is 128 Å². The second-order valence-corrected chi connectivity index (χ2v) is 13.2. The van der Waals surface area contributed by atoms with E-state index < -0.39 is 0 Å². The Hall–Kier alpha value is -5.86. The Morgan fingerprint density at radius 2 is 0.885 bits per heavy atom. The van der Waals surface area contributed by atoms with Crippen LogP contribution < -0.4 is 16.9 Å². The van der Waals surface area contributed by atoms with Crippen LogP contribution in [0.5, 0.6) is 0 Å². The lowest BCUT2D eigenvalue weighted by atomic mass is 9.97. The summed E-state index contributed by atoms with van der Waals surface area (Å²) in [4.78, 5) is 28.5. The molecule has 61 heavy (non-hydrogen) atoms. The number of nitrogen functional groups attached to an aromatic ring is 2. The Kier molecular flexibility index (Phi) is 24.2. The van der Waals surface area contributed by atoms with Crippen LogP contribution in [0.4, 0.5) is 11.9 Å². The number of nitrogens with zero attached hydrogens (tertiary/aromatic N) is 11. The number of hydrogen-bond donors (Lipinski definition) is 2. The fraction of sp³-hybridized carbons (Fsp3) is 0.432. The summed E-state index contributed by atoms with van der Waals surface area (Å²) in [5.41, 5.74) is 23.6. The molecule has 6 rings (SSSR count). The summed E-state index contributed by atoms with van der Waals surface area (Å²) in [6.07, 6.45) is 5.86. The fourth-order valence-corrected chi connectivity index (χ4v) is 5.96. The summed E-state index contributed by atoms with van der Waals surface area (Å²) < 4.78 is 1.91. The Morgan fingerprint density at radius 1 is 0.492 bits per heavy atom. The van der Waals surface area contributed by atoms with Gasteiger partial charge in [0.25, 0.3) is 0 Å². The number of pyridine rings is 2. The van der Waals surface area contributed by atoms with Gasteiger partial charge in [-0.2, -0.15) is 0 Å². The molecule has 5 aromatic heterocycles. The van der Waals surface area contributed by atoms with E-state index in [9.17, 15) is 4.79 Å². The van der Waals surface area contributed by atoms with E-state index >= 15 is 0 Å². The molecule has 4 N–H and O–H groups in total. The average molecular weight is 822 g/mol. The largest absolute Gasteiger partial charge is 0.366 e. The maximum atomic E-state index is 11.7. The van der Waals surface area contributed by atoms with Crippen molar-refractivity contribution in [2.75, 3.05) is 11.5 Å². The second-order valence-electron chi connectivity index (χ2n) is 13.2. The maximum absolute atomic E-state index is 11.7. The highest BCUT2D eigenvalue weighted by atomic mass is 16.1. The number of aromatic nitrogens is 11. The minimum atomic E-state index is 0.0726. The lowest BCUT2D eigenvalue weighted by Gasteiger charge is -2.10. The zero-order valence-corrected chi connectivity index (χ0v) is 38.5. The molecule has 17 heteroatoms. The van der Waals surface area contributed by atoms with Crippen molar-refractivity contribution in [1.29, 1.82) is 0 Å². The highest BCUT2D eigenvalue weighted by Gasteiger charge is 2.10. The quantitative estimate of drug-likeness (QED) is 0.166. The van der Waals surface area contributed by atoms with Crippen LogP contribution >= 0.6 is 0 Å². The van der Waals surface area contributed by atoms with Crippen molar-refractivity contribution >= 4 is 35.4 Å². The first-order valence-corrected chi connectivity index (χ1v) is 20.6. The van der Waals surface area contributed by atoms with E-state index in [2.05, 4.69) is 82.6 Å². The van der Waals surface area contributed by atoms with Crippen LogP contribution in [0.3, 0.4) is 0 Å². The molecule has 0 fully saturated rings. The first kappa shape index (κ1) is 53.2. The van der Waals surface area contributed by atoms with Crippen LogP contribution in [0.2, 0.25) is 0 Å². The standard InChI is InChI=1S/C13H15BN4O.C13H15BN4.C12H14BN5.3C2H6/c1-8-5-18(6-9(2)13(8)19)7-12-11(4-14)15-10(3)16-17-12;1-8-3-9(2)5-10(4-8)6-11-12(7-14)16-13(15)18-17-11;1-7-3-9(4-8(2)15-7)5-10-11(6-13)16-12(14)18-17-10;3*1-2/h5-6H,4,7H2,1-3H3;3-5H,6-7H2,1-2H3,(H2,15,16,18);3-4H,5-6H2,1-2H3,(H2,14,16,18);3*1-2H3. The van der Waals surface area contributed by atoms with Gasteiger partial charge >= 0.3 is 0 Å². The number of rotatable bonds is 9. The molecule has 0 unspecified atom stereocenters. The highest BCUT2D eigenvalue weighted by Crippen LogP contribution is 2.15. The SMILES string of the molecule is CC.CC.CC.[B]Cc1nc(C)nnc1Cn1cc(C)c(=O)c(C)c1.[B]Cc1nc(N)nnc1Cc1cc(C)cc(C)c1.[B]Cc1nc(N)nnc1Cc1cc(C)nc(C)c1. The zero-order valence-electron chi connectivity index (χ0n) is 38.5. The first-order valence-electron chi connectivity index (χ1n) is 20.6. The molecule has 5 heterocycles. The maximum Gasteiger partial charge on any atom is 0.240 e. The molecule has 6 aromatic rings. The number of hydrogen-bond acceptors (Lipinski definition) is 13. The molecule has 14 nitrogen and oxygen atoms in total. The summed E-state index contributed by atoms with van der Waals surface area (Å²) in [6, 6.07) is 10.4. The third-order valence-corrected chi connectivity index (χ3v) is 8.17. The zero-order chi connectivity index (χ0) is 46.2. The Labute approximate surface area is 367 Å².